The molecule has 2 aliphatic rings. The van der Waals surface area contributed by atoms with Crippen LogP contribution >= 0.6 is 0 Å². The Hall–Kier alpha value is -3.13. The molecule has 1 saturated heterocycles. The van der Waals surface area contributed by atoms with E-state index in [2.05, 4.69) is 16.4 Å². The lowest BCUT2D eigenvalue weighted by Gasteiger charge is -2.42. The number of fused-ring (bicyclic) bond motifs is 1. The van der Waals surface area contributed by atoms with E-state index < -0.39 is 22.9 Å². The largest absolute Gasteiger partial charge is 0.492 e. The topological polar surface area (TPSA) is 103 Å². The zero-order valence-corrected chi connectivity index (χ0v) is 20.6. The van der Waals surface area contributed by atoms with Crippen LogP contribution in [-0.2, 0) is 11.8 Å². The van der Waals surface area contributed by atoms with Crippen LogP contribution in [0, 0.1) is 11.3 Å². The van der Waals surface area contributed by atoms with E-state index in [-0.39, 0.29) is 41.5 Å². The Morgan fingerprint density at radius 1 is 1.16 bits per heavy atom. The molecular weight excluding hydrogens is 485 g/mol. The van der Waals surface area contributed by atoms with Gasteiger partial charge in [-0.05, 0) is 63.3 Å². The van der Waals surface area contributed by atoms with E-state index in [1.54, 1.807) is 31.2 Å². The third-order valence-corrected chi connectivity index (χ3v) is 7.44. The van der Waals surface area contributed by atoms with Crippen molar-refractivity contribution < 1.29 is 28.1 Å². The van der Waals surface area contributed by atoms with Gasteiger partial charge in [0.1, 0.15) is 12.4 Å². The highest BCUT2D eigenvalue weighted by Crippen LogP contribution is 2.45. The van der Waals surface area contributed by atoms with Gasteiger partial charge in [0.05, 0.1) is 45.8 Å². The highest BCUT2D eigenvalue weighted by Gasteiger charge is 2.43. The first-order chi connectivity index (χ1) is 17.4. The molecule has 0 spiro atoms. The number of imidazole rings is 1. The summed E-state index contributed by atoms with van der Waals surface area (Å²) in [4.78, 5) is 4.21. The van der Waals surface area contributed by atoms with Crippen molar-refractivity contribution in [3.05, 3.63) is 59.4 Å². The van der Waals surface area contributed by atoms with E-state index >= 15 is 0 Å². The number of hydrogen-bond acceptors (Lipinski definition) is 6. The number of rotatable bonds is 5. The second-order valence-electron chi connectivity index (χ2n) is 10.8. The van der Waals surface area contributed by atoms with Gasteiger partial charge in [0.2, 0.25) is 0 Å². The third-order valence-electron chi connectivity index (χ3n) is 7.44. The van der Waals surface area contributed by atoms with Crippen molar-refractivity contribution in [2.24, 2.45) is 0 Å². The maximum absolute atomic E-state index is 14.1. The Kier molecular flexibility index (Phi) is 6.21. The van der Waals surface area contributed by atoms with Gasteiger partial charge in [-0.1, -0.05) is 12.1 Å². The van der Waals surface area contributed by atoms with E-state index in [1.807, 2.05) is 6.92 Å². The number of aromatic nitrogens is 2. The second kappa shape index (κ2) is 9.01. The van der Waals surface area contributed by atoms with Gasteiger partial charge < -0.3 is 24.8 Å². The smallest absolute Gasteiger partial charge is 0.418 e. The molecule has 0 radical (unpaired) electrons. The van der Waals surface area contributed by atoms with Crippen molar-refractivity contribution in [3.8, 4) is 11.8 Å². The Labute approximate surface area is 212 Å². The molecule has 1 aromatic heterocycles. The third kappa shape index (κ3) is 5.04. The summed E-state index contributed by atoms with van der Waals surface area (Å²) in [6.07, 6.45) is -1.75. The van der Waals surface area contributed by atoms with Gasteiger partial charge in [0.25, 0.3) is 0 Å². The summed E-state index contributed by atoms with van der Waals surface area (Å²) in [5.41, 5.74) is -1.52. The summed E-state index contributed by atoms with van der Waals surface area (Å²) >= 11 is 0. The molecule has 3 atom stereocenters. The van der Waals surface area contributed by atoms with Crippen molar-refractivity contribution in [1.82, 2.24) is 14.9 Å². The fourth-order valence-electron chi connectivity index (χ4n) is 5.79. The van der Waals surface area contributed by atoms with Crippen LogP contribution in [0.1, 0.15) is 62.3 Å². The van der Waals surface area contributed by atoms with Crippen molar-refractivity contribution in [3.63, 3.8) is 0 Å². The maximum atomic E-state index is 14.1. The zero-order chi connectivity index (χ0) is 26.6. The minimum absolute atomic E-state index is 0.0139. The number of halogens is 3. The number of alkyl halides is 3. The molecular formula is C27H29F3N4O3. The Balaban J connectivity index is 1.37. The molecule has 1 saturated carbocycles. The maximum Gasteiger partial charge on any atom is 0.418 e. The molecule has 5 rings (SSSR count). The number of hydrogen-bond donors (Lipinski definition) is 3. The molecule has 2 aromatic carbocycles. The van der Waals surface area contributed by atoms with Crippen LogP contribution < -0.4 is 10.1 Å². The van der Waals surface area contributed by atoms with E-state index in [9.17, 15) is 23.4 Å². The van der Waals surface area contributed by atoms with Crippen molar-refractivity contribution >= 4 is 11.0 Å². The van der Waals surface area contributed by atoms with E-state index in [4.69, 9.17) is 10.00 Å². The molecule has 3 aromatic rings. The summed E-state index contributed by atoms with van der Waals surface area (Å²) in [6, 6.07) is 10.7. The minimum Gasteiger partial charge on any atom is -0.492 e. The molecule has 196 valence electrons. The average Bonchev–Trinajstić information content (AvgIpc) is 3.23. The summed E-state index contributed by atoms with van der Waals surface area (Å²) in [5, 5.41) is 33.9. The van der Waals surface area contributed by atoms with Crippen LogP contribution in [-0.4, -0.2) is 44.1 Å². The van der Waals surface area contributed by atoms with Crippen molar-refractivity contribution in [2.45, 2.75) is 75.0 Å². The monoisotopic (exact) mass is 514 g/mol. The van der Waals surface area contributed by atoms with Crippen LogP contribution in [0.3, 0.4) is 0 Å². The molecule has 0 bridgehead atoms. The molecule has 2 heterocycles. The molecule has 0 amide bonds. The second-order valence-corrected chi connectivity index (χ2v) is 10.8. The number of nitriles is 1. The van der Waals surface area contributed by atoms with Gasteiger partial charge in [-0.3, -0.25) is 0 Å². The van der Waals surface area contributed by atoms with Crippen LogP contribution in [0.4, 0.5) is 13.2 Å². The summed E-state index contributed by atoms with van der Waals surface area (Å²) in [5.74, 6) is 0.0487. The molecule has 3 N–H and O–H groups in total. The van der Waals surface area contributed by atoms with Crippen LogP contribution in [0.2, 0.25) is 0 Å². The highest BCUT2D eigenvalue weighted by molar-refractivity contribution is 5.82. The number of ether oxygens (including phenoxy) is 1. The lowest BCUT2D eigenvalue weighted by atomic mass is 9.77. The van der Waals surface area contributed by atoms with Gasteiger partial charge in [0, 0.05) is 24.2 Å². The average molecular weight is 515 g/mol. The summed E-state index contributed by atoms with van der Waals surface area (Å²) < 4.78 is 49.6. The van der Waals surface area contributed by atoms with Crippen molar-refractivity contribution in [1.29, 1.82) is 5.26 Å². The molecule has 7 nitrogen and oxygen atoms in total. The van der Waals surface area contributed by atoms with E-state index in [0.29, 0.717) is 36.8 Å². The number of benzene rings is 2. The highest BCUT2D eigenvalue weighted by atomic mass is 19.4. The van der Waals surface area contributed by atoms with Crippen LogP contribution in [0.5, 0.6) is 5.75 Å². The fraction of sp³-hybridized carbons (Fsp3) is 0.481. The number of aliphatic hydroxyl groups is 2. The van der Waals surface area contributed by atoms with Crippen LogP contribution in [0.25, 0.3) is 11.0 Å². The van der Waals surface area contributed by atoms with E-state index in [0.717, 1.165) is 6.07 Å². The quantitative estimate of drug-likeness (QED) is 0.466. The molecule has 3 unspecified atom stereocenters. The summed E-state index contributed by atoms with van der Waals surface area (Å²) in [7, 11) is 0. The van der Waals surface area contributed by atoms with Gasteiger partial charge in [-0.25, -0.2) is 4.98 Å². The first-order valence-corrected chi connectivity index (χ1v) is 12.3. The van der Waals surface area contributed by atoms with Gasteiger partial charge in [0.15, 0.2) is 0 Å². The fourth-order valence-corrected chi connectivity index (χ4v) is 5.79. The lowest BCUT2D eigenvalue weighted by molar-refractivity contribution is -0.136. The molecule has 1 aliphatic heterocycles. The minimum atomic E-state index is -4.62. The lowest BCUT2D eigenvalue weighted by Crippen LogP contribution is -2.53. The number of nitrogens with one attached hydrogen (secondary N) is 1. The molecule has 2 fully saturated rings. The first-order valence-electron chi connectivity index (χ1n) is 12.3. The first kappa shape index (κ1) is 25.5. The van der Waals surface area contributed by atoms with E-state index in [1.165, 1.54) is 17.0 Å². The SMILES string of the molecule is CC1CC(O)(c2ccc(C#N)cc2)CC(COc2cc(C(F)(F)F)c3c(c2)ncn3C2CC(C)(O)C2)N1. The molecule has 10 heteroatoms. The van der Waals surface area contributed by atoms with Gasteiger partial charge >= 0.3 is 6.18 Å². The summed E-state index contributed by atoms with van der Waals surface area (Å²) in [6.45, 7) is 3.65. The molecule has 37 heavy (non-hydrogen) atoms. The Bertz CT molecular complexity index is 1340. The number of piperidine rings is 1. The van der Waals surface area contributed by atoms with Crippen LogP contribution in [0.15, 0.2) is 42.7 Å². The van der Waals surface area contributed by atoms with Gasteiger partial charge in [-0.2, -0.15) is 18.4 Å². The normalized spacial score (nSPS) is 30.1. The number of nitrogens with zero attached hydrogens (tertiary/aromatic N) is 3. The predicted molar refractivity (Wildman–Crippen MR) is 130 cm³/mol. The predicted octanol–water partition coefficient (Wildman–Crippen LogP) is 4.42. The molecule has 1 aliphatic carbocycles. The van der Waals surface area contributed by atoms with Crippen molar-refractivity contribution in [2.75, 3.05) is 6.61 Å². The standard InChI is InChI=1S/C27H29F3N4O3/c1-16-9-26(36,18-5-3-17(13-31)4-6-18)10-19(33-16)14-37-21-7-22(27(28,29)30)24-23(8-21)32-15-34(24)20-11-25(2,35)12-20/h3-8,15-16,19-20,33,35-36H,9-12,14H2,1-2H3. The Morgan fingerprint density at radius 2 is 1.86 bits per heavy atom. The zero-order valence-electron chi connectivity index (χ0n) is 20.6. The Morgan fingerprint density at radius 3 is 2.49 bits per heavy atom. The van der Waals surface area contributed by atoms with Gasteiger partial charge in [-0.15, -0.1) is 0 Å².